The van der Waals surface area contributed by atoms with E-state index in [2.05, 4.69) is 61.6 Å². The summed E-state index contributed by atoms with van der Waals surface area (Å²) in [6.45, 7) is 4.27. The molecule has 0 fully saturated rings. The normalized spacial score (nSPS) is 17.6. The van der Waals surface area contributed by atoms with Crippen LogP contribution in [0.25, 0.3) is 0 Å². The molecule has 1 unspecified atom stereocenters. The van der Waals surface area contributed by atoms with Gasteiger partial charge in [0.15, 0.2) is 0 Å². The summed E-state index contributed by atoms with van der Waals surface area (Å²) in [7, 11) is 0. The Morgan fingerprint density at radius 2 is 1.65 bits per heavy atom. The van der Waals surface area contributed by atoms with E-state index < -0.39 is 0 Å². The van der Waals surface area contributed by atoms with Gasteiger partial charge >= 0.3 is 0 Å². The maximum Gasteiger partial charge on any atom is 0.0555 e. The van der Waals surface area contributed by atoms with E-state index in [-0.39, 0.29) is 0 Å². The van der Waals surface area contributed by atoms with Gasteiger partial charge in [0.05, 0.1) is 6.04 Å². The summed E-state index contributed by atoms with van der Waals surface area (Å²) in [5, 5.41) is 3.61. The zero-order valence-electron chi connectivity index (χ0n) is 10.3. The Morgan fingerprint density at radius 1 is 0.941 bits per heavy atom. The lowest BCUT2D eigenvalue weighted by molar-refractivity contribution is 0.824. The molecule has 0 saturated heterocycles. The minimum absolute atomic E-state index is 0.437. The van der Waals surface area contributed by atoms with Gasteiger partial charge in [-0.25, -0.2) is 0 Å². The number of nitrogens with one attached hydrogen (secondary N) is 1. The Hall–Kier alpha value is -1.76. The second-order valence-corrected chi connectivity index (χ2v) is 4.97. The molecule has 1 aliphatic heterocycles. The van der Waals surface area contributed by atoms with Crippen molar-refractivity contribution >= 4 is 5.69 Å². The van der Waals surface area contributed by atoms with E-state index in [0.717, 1.165) is 6.42 Å². The largest absolute Gasteiger partial charge is 0.378 e. The number of hydrogen-bond donors (Lipinski definition) is 1. The van der Waals surface area contributed by atoms with Crippen molar-refractivity contribution in [2.45, 2.75) is 26.3 Å². The van der Waals surface area contributed by atoms with Crippen LogP contribution in [0.4, 0.5) is 5.69 Å². The lowest BCUT2D eigenvalue weighted by Crippen LogP contribution is -2.05. The van der Waals surface area contributed by atoms with Crippen LogP contribution in [0.1, 0.15) is 28.3 Å². The van der Waals surface area contributed by atoms with Crippen molar-refractivity contribution < 1.29 is 0 Å². The molecule has 1 heteroatoms. The fourth-order valence-corrected chi connectivity index (χ4v) is 2.46. The van der Waals surface area contributed by atoms with E-state index in [1.54, 1.807) is 0 Å². The van der Waals surface area contributed by atoms with Gasteiger partial charge in [-0.2, -0.15) is 0 Å². The maximum atomic E-state index is 3.61. The van der Waals surface area contributed by atoms with E-state index in [9.17, 15) is 0 Å². The first kappa shape index (κ1) is 10.4. The van der Waals surface area contributed by atoms with Crippen LogP contribution in [-0.4, -0.2) is 0 Å². The van der Waals surface area contributed by atoms with Gasteiger partial charge in [-0.1, -0.05) is 42.0 Å². The average molecular weight is 223 g/mol. The Bertz CT molecular complexity index is 540. The number of fused-ring (bicyclic) bond motifs is 1. The van der Waals surface area contributed by atoms with E-state index >= 15 is 0 Å². The van der Waals surface area contributed by atoms with Crippen molar-refractivity contribution in [3.05, 3.63) is 64.7 Å². The average Bonchev–Trinajstić information content (AvgIpc) is 2.72. The molecule has 2 aromatic carbocycles. The molecule has 0 amide bonds. The highest BCUT2D eigenvalue weighted by molar-refractivity contribution is 5.59. The Kier molecular flexibility index (Phi) is 2.40. The van der Waals surface area contributed by atoms with Crippen LogP contribution in [0, 0.1) is 13.8 Å². The molecule has 0 radical (unpaired) electrons. The van der Waals surface area contributed by atoms with Crippen LogP contribution in [0.3, 0.4) is 0 Å². The van der Waals surface area contributed by atoms with Gasteiger partial charge in [0.1, 0.15) is 0 Å². The van der Waals surface area contributed by atoms with E-state index in [0.29, 0.717) is 6.04 Å². The van der Waals surface area contributed by atoms with Gasteiger partial charge in [0.2, 0.25) is 0 Å². The molecule has 1 heterocycles. The molecule has 1 nitrogen and oxygen atoms in total. The molecule has 86 valence electrons. The summed E-state index contributed by atoms with van der Waals surface area (Å²) in [5.74, 6) is 0. The first-order valence-electron chi connectivity index (χ1n) is 6.15. The molecule has 0 spiro atoms. The van der Waals surface area contributed by atoms with Crippen molar-refractivity contribution in [3.8, 4) is 0 Å². The Balaban J connectivity index is 1.88. The number of anilines is 1. The van der Waals surface area contributed by atoms with Gasteiger partial charge in [0.25, 0.3) is 0 Å². The summed E-state index contributed by atoms with van der Waals surface area (Å²) < 4.78 is 0. The molecule has 1 aliphatic rings. The first-order valence-corrected chi connectivity index (χ1v) is 6.15. The summed E-state index contributed by atoms with van der Waals surface area (Å²) in [5.41, 5.74) is 6.75. The molecule has 2 aromatic rings. The number of hydrogen-bond acceptors (Lipinski definition) is 1. The monoisotopic (exact) mass is 223 g/mol. The predicted octanol–water partition coefficient (Wildman–Crippen LogP) is 4.01. The van der Waals surface area contributed by atoms with Crippen LogP contribution >= 0.6 is 0 Å². The summed E-state index contributed by atoms with van der Waals surface area (Å²) in [6, 6.07) is 15.9. The summed E-state index contributed by atoms with van der Waals surface area (Å²) >= 11 is 0. The fraction of sp³-hybridized carbons (Fsp3) is 0.250. The zero-order chi connectivity index (χ0) is 11.8. The second-order valence-electron chi connectivity index (χ2n) is 4.97. The minimum Gasteiger partial charge on any atom is -0.378 e. The molecular formula is C16H17N. The molecule has 0 aliphatic carbocycles. The first-order chi connectivity index (χ1) is 8.22. The van der Waals surface area contributed by atoms with Crippen LogP contribution < -0.4 is 5.32 Å². The second kappa shape index (κ2) is 3.92. The van der Waals surface area contributed by atoms with Gasteiger partial charge in [-0.05, 0) is 43.0 Å². The molecule has 0 saturated carbocycles. The standard InChI is InChI=1S/C16H17N/c1-11-3-6-13(7-4-11)16-10-14-8-5-12(2)9-15(14)17-16/h3-9,16-17H,10H2,1-2H3. The number of benzene rings is 2. The Labute approximate surface area is 102 Å². The summed E-state index contributed by atoms with van der Waals surface area (Å²) in [4.78, 5) is 0. The van der Waals surface area contributed by atoms with E-state index in [1.165, 1.54) is 27.9 Å². The zero-order valence-corrected chi connectivity index (χ0v) is 10.3. The Morgan fingerprint density at radius 3 is 2.41 bits per heavy atom. The molecule has 17 heavy (non-hydrogen) atoms. The van der Waals surface area contributed by atoms with Crippen molar-refractivity contribution in [3.63, 3.8) is 0 Å². The molecule has 0 aromatic heterocycles. The van der Waals surface area contributed by atoms with Crippen LogP contribution in [0.15, 0.2) is 42.5 Å². The lowest BCUT2D eigenvalue weighted by Gasteiger charge is -2.11. The van der Waals surface area contributed by atoms with Crippen LogP contribution in [0.5, 0.6) is 0 Å². The van der Waals surface area contributed by atoms with Crippen molar-refractivity contribution in [2.24, 2.45) is 0 Å². The molecule has 3 rings (SSSR count). The lowest BCUT2D eigenvalue weighted by atomic mass is 10.0. The van der Waals surface area contributed by atoms with Gasteiger partial charge < -0.3 is 5.32 Å². The minimum atomic E-state index is 0.437. The predicted molar refractivity (Wildman–Crippen MR) is 72.4 cm³/mol. The fourth-order valence-electron chi connectivity index (χ4n) is 2.46. The van der Waals surface area contributed by atoms with Gasteiger partial charge in [-0.15, -0.1) is 0 Å². The van der Waals surface area contributed by atoms with Crippen LogP contribution in [0.2, 0.25) is 0 Å². The molecule has 1 N–H and O–H groups in total. The van der Waals surface area contributed by atoms with Gasteiger partial charge in [0, 0.05) is 5.69 Å². The molecular weight excluding hydrogens is 206 g/mol. The van der Waals surface area contributed by atoms with Crippen molar-refractivity contribution in [1.82, 2.24) is 0 Å². The number of aryl methyl sites for hydroxylation is 2. The highest BCUT2D eigenvalue weighted by Crippen LogP contribution is 2.34. The SMILES string of the molecule is Cc1ccc(C2Cc3ccc(C)cc3N2)cc1. The van der Waals surface area contributed by atoms with E-state index in [1.807, 2.05) is 0 Å². The highest BCUT2D eigenvalue weighted by atomic mass is 14.9. The quantitative estimate of drug-likeness (QED) is 0.770. The number of rotatable bonds is 1. The van der Waals surface area contributed by atoms with Crippen molar-refractivity contribution in [1.29, 1.82) is 0 Å². The summed E-state index contributed by atoms with van der Waals surface area (Å²) in [6.07, 6.45) is 1.10. The third kappa shape index (κ3) is 1.93. The maximum absolute atomic E-state index is 3.61. The molecule has 0 bridgehead atoms. The van der Waals surface area contributed by atoms with Gasteiger partial charge in [-0.3, -0.25) is 0 Å². The van der Waals surface area contributed by atoms with Crippen molar-refractivity contribution in [2.75, 3.05) is 5.32 Å². The molecule has 1 atom stereocenters. The third-order valence-electron chi connectivity index (χ3n) is 3.50. The van der Waals surface area contributed by atoms with E-state index in [4.69, 9.17) is 0 Å². The third-order valence-corrected chi connectivity index (χ3v) is 3.50. The smallest absolute Gasteiger partial charge is 0.0555 e. The van der Waals surface area contributed by atoms with Crippen LogP contribution in [-0.2, 0) is 6.42 Å². The topological polar surface area (TPSA) is 12.0 Å². The highest BCUT2D eigenvalue weighted by Gasteiger charge is 2.21.